The third-order valence-corrected chi connectivity index (χ3v) is 4.42. The van der Waals surface area contributed by atoms with Crippen molar-refractivity contribution in [2.45, 2.75) is 19.9 Å². The maximum atomic E-state index is 12.4. The molecule has 0 unspecified atom stereocenters. The van der Waals surface area contributed by atoms with Gasteiger partial charge in [-0.3, -0.25) is 9.78 Å². The molecule has 1 aromatic carbocycles. The number of amides is 1. The Balaban J connectivity index is 2.03. The van der Waals surface area contributed by atoms with E-state index in [1.165, 1.54) is 0 Å². The van der Waals surface area contributed by atoms with E-state index in [-0.39, 0.29) is 5.91 Å². The molecule has 0 bridgehead atoms. The number of benzene rings is 1. The lowest BCUT2D eigenvalue weighted by Crippen LogP contribution is -2.36. The van der Waals surface area contributed by atoms with Crippen LogP contribution in [0.2, 0.25) is 0 Å². The van der Waals surface area contributed by atoms with Crippen LogP contribution in [0.3, 0.4) is 0 Å². The number of rotatable bonds is 11. The van der Waals surface area contributed by atoms with Crippen molar-refractivity contribution in [3.63, 3.8) is 0 Å². The number of para-hydroxylation sites is 2. The highest BCUT2D eigenvalue weighted by atomic mass is 16.1. The van der Waals surface area contributed by atoms with Crippen molar-refractivity contribution in [1.29, 1.82) is 0 Å². The van der Waals surface area contributed by atoms with Gasteiger partial charge in [-0.15, -0.1) is 0 Å². The quantitative estimate of drug-likeness (QED) is 0.506. The first-order valence-corrected chi connectivity index (χ1v) is 9.84. The van der Waals surface area contributed by atoms with Gasteiger partial charge in [-0.2, -0.15) is 0 Å². The van der Waals surface area contributed by atoms with Crippen molar-refractivity contribution in [1.82, 2.24) is 20.1 Å². The number of hydrogen-bond donors (Lipinski definition) is 3. The summed E-state index contributed by atoms with van der Waals surface area (Å²) in [5.74, 6) is 0.614. The molecule has 7 heteroatoms. The Bertz CT molecular complexity index is 803. The van der Waals surface area contributed by atoms with Crippen LogP contribution in [0.25, 0.3) is 0 Å². The van der Waals surface area contributed by atoms with Gasteiger partial charge in [0.1, 0.15) is 5.69 Å². The number of nitrogens with zero attached hydrogens (tertiary/aromatic N) is 3. The molecule has 2 aromatic rings. The Kier molecular flexibility index (Phi) is 8.48. The molecule has 156 valence electrons. The van der Waals surface area contributed by atoms with Gasteiger partial charge in [-0.25, -0.2) is 0 Å². The van der Waals surface area contributed by atoms with Crippen LogP contribution in [-0.4, -0.2) is 54.4 Å². The van der Waals surface area contributed by atoms with E-state index in [1.807, 2.05) is 18.2 Å². The van der Waals surface area contributed by atoms with E-state index >= 15 is 0 Å². The summed E-state index contributed by atoms with van der Waals surface area (Å²) in [6, 6.07) is 10.8. The summed E-state index contributed by atoms with van der Waals surface area (Å²) in [7, 11) is 4.10. The largest absolute Gasteiger partial charge is 0.397 e. The molecule has 29 heavy (non-hydrogen) atoms. The van der Waals surface area contributed by atoms with Gasteiger partial charge in [0.2, 0.25) is 0 Å². The second-order valence-corrected chi connectivity index (χ2v) is 7.19. The highest BCUT2D eigenvalue weighted by Crippen LogP contribution is 2.17. The fourth-order valence-electron chi connectivity index (χ4n) is 2.68. The fourth-order valence-corrected chi connectivity index (χ4v) is 2.68. The molecule has 0 saturated heterocycles. The second kappa shape index (κ2) is 11.1. The number of aromatic nitrogens is 1. The Morgan fingerprint density at radius 1 is 1.17 bits per heavy atom. The maximum absolute atomic E-state index is 12.4. The average Bonchev–Trinajstić information content (AvgIpc) is 2.71. The number of carbonyl (C=O) groups excluding carboxylic acids is 1. The Morgan fingerprint density at radius 3 is 2.55 bits per heavy atom. The van der Waals surface area contributed by atoms with Crippen LogP contribution in [0.5, 0.6) is 0 Å². The molecule has 0 aliphatic carbocycles. The molecule has 0 aliphatic heterocycles. The van der Waals surface area contributed by atoms with Gasteiger partial charge in [0.25, 0.3) is 5.91 Å². The van der Waals surface area contributed by atoms with E-state index in [9.17, 15) is 4.79 Å². The number of carbonyl (C=O) groups is 1. The molecule has 0 saturated carbocycles. The lowest BCUT2D eigenvalue weighted by Gasteiger charge is -2.28. The predicted molar refractivity (Wildman–Crippen MR) is 119 cm³/mol. The lowest BCUT2D eigenvalue weighted by atomic mass is 10.2. The molecule has 0 fully saturated rings. The molecule has 1 aromatic heterocycles. The SMILES string of the molecule is C=C(NCCC)N(CCN(C)C)Cc1ccc(C(=O)Nc2ccccc2N)nc1. The minimum Gasteiger partial charge on any atom is -0.397 e. The first kappa shape index (κ1) is 22.2. The van der Waals surface area contributed by atoms with E-state index in [1.54, 1.807) is 24.4 Å². The van der Waals surface area contributed by atoms with Crippen LogP contribution < -0.4 is 16.4 Å². The van der Waals surface area contributed by atoms with Gasteiger partial charge in [0, 0.05) is 32.4 Å². The first-order valence-electron chi connectivity index (χ1n) is 9.84. The van der Waals surface area contributed by atoms with Crippen LogP contribution >= 0.6 is 0 Å². The zero-order valence-corrected chi connectivity index (χ0v) is 17.6. The van der Waals surface area contributed by atoms with Gasteiger partial charge < -0.3 is 26.2 Å². The summed E-state index contributed by atoms with van der Waals surface area (Å²) in [6.45, 7) is 9.61. The topological polar surface area (TPSA) is 86.5 Å². The van der Waals surface area contributed by atoms with Gasteiger partial charge >= 0.3 is 0 Å². The number of pyridine rings is 1. The van der Waals surface area contributed by atoms with Crippen LogP contribution in [0.4, 0.5) is 11.4 Å². The van der Waals surface area contributed by atoms with E-state index < -0.39 is 0 Å². The van der Waals surface area contributed by atoms with Crippen LogP contribution in [-0.2, 0) is 6.54 Å². The van der Waals surface area contributed by atoms with E-state index in [0.29, 0.717) is 23.6 Å². The predicted octanol–water partition coefficient (Wildman–Crippen LogP) is 2.75. The number of nitrogens with one attached hydrogen (secondary N) is 2. The summed E-state index contributed by atoms with van der Waals surface area (Å²) in [6.07, 6.45) is 2.77. The van der Waals surface area contributed by atoms with Gasteiger partial charge in [-0.05, 0) is 44.3 Å². The third kappa shape index (κ3) is 7.12. The summed E-state index contributed by atoms with van der Waals surface area (Å²) in [5.41, 5.74) is 8.34. The Morgan fingerprint density at radius 2 is 1.93 bits per heavy atom. The zero-order valence-electron chi connectivity index (χ0n) is 17.6. The van der Waals surface area contributed by atoms with Crippen molar-refractivity contribution in [2.75, 3.05) is 44.8 Å². The molecule has 2 rings (SSSR count). The highest BCUT2D eigenvalue weighted by Gasteiger charge is 2.12. The Hall–Kier alpha value is -3.06. The van der Waals surface area contributed by atoms with Crippen LogP contribution in [0.15, 0.2) is 55.0 Å². The zero-order chi connectivity index (χ0) is 21.2. The lowest BCUT2D eigenvalue weighted by molar-refractivity contribution is 0.102. The van der Waals surface area contributed by atoms with Crippen LogP contribution in [0, 0.1) is 0 Å². The molecule has 0 atom stereocenters. The summed E-state index contributed by atoms with van der Waals surface area (Å²) < 4.78 is 0. The standard InChI is InChI=1S/C22H32N6O/c1-5-12-24-17(2)28(14-13-27(3)4)16-18-10-11-21(25-15-18)22(29)26-20-9-7-6-8-19(20)23/h6-11,15,24H,2,5,12-14,16,23H2,1,3-4H3,(H,26,29). The Labute approximate surface area is 173 Å². The second-order valence-electron chi connectivity index (χ2n) is 7.19. The highest BCUT2D eigenvalue weighted by molar-refractivity contribution is 6.04. The maximum Gasteiger partial charge on any atom is 0.274 e. The first-order chi connectivity index (χ1) is 13.9. The fraction of sp³-hybridized carbons (Fsp3) is 0.364. The molecule has 1 amide bonds. The van der Waals surface area contributed by atoms with Crippen molar-refractivity contribution in [3.8, 4) is 0 Å². The summed E-state index contributed by atoms with van der Waals surface area (Å²) >= 11 is 0. The number of nitrogen functional groups attached to an aromatic ring is 1. The van der Waals surface area contributed by atoms with Crippen molar-refractivity contribution in [3.05, 3.63) is 66.3 Å². The molecule has 7 nitrogen and oxygen atoms in total. The van der Waals surface area contributed by atoms with Crippen molar-refractivity contribution in [2.24, 2.45) is 0 Å². The molecule has 0 radical (unpaired) electrons. The number of nitrogens with two attached hydrogens (primary N) is 1. The number of likely N-dealkylation sites (N-methyl/N-ethyl adjacent to an activating group) is 1. The van der Waals surface area contributed by atoms with E-state index in [0.717, 1.165) is 37.4 Å². The molecular formula is C22H32N6O. The smallest absolute Gasteiger partial charge is 0.274 e. The van der Waals surface area contributed by atoms with Gasteiger partial charge in [0.15, 0.2) is 0 Å². The van der Waals surface area contributed by atoms with Crippen molar-refractivity contribution < 1.29 is 4.79 Å². The van der Waals surface area contributed by atoms with Crippen LogP contribution in [0.1, 0.15) is 29.4 Å². The van der Waals surface area contributed by atoms with Gasteiger partial charge in [0.05, 0.1) is 17.2 Å². The summed E-state index contributed by atoms with van der Waals surface area (Å²) in [5, 5.41) is 6.15. The molecule has 0 aliphatic rings. The monoisotopic (exact) mass is 396 g/mol. The van der Waals surface area contributed by atoms with E-state index in [2.05, 4.69) is 53.0 Å². The molecular weight excluding hydrogens is 364 g/mol. The number of anilines is 2. The van der Waals surface area contributed by atoms with E-state index in [4.69, 9.17) is 5.73 Å². The average molecular weight is 397 g/mol. The molecule has 0 spiro atoms. The molecule has 4 N–H and O–H groups in total. The number of hydrogen-bond acceptors (Lipinski definition) is 6. The minimum atomic E-state index is -0.284. The van der Waals surface area contributed by atoms with Gasteiger partial charge in [-0.1, -0.05) is 31.7 Å². The summed E-state index contributed by atoms with van der Waals surface area (Å²) in [4.78, 5) is 21.1. The third-order valence-electron chi connectivity index (χ3n) is 4.42. The minimum absolute atomic E-state index is 0.284. The van der Waals surface area contributed by atoms with Crippen molar-refractivity contribution >= 4 is 17.3 Å². The normalized spacial score (nSPS) is 10.6. The molecule has 1 heterocycles.